The fourth-order valence-corrected chi connectivity index (χ4v) is 11.7. The van der Waals surface area contributed by atoms with Gasteiger partial charge in [0.2, 0.25) is 41.4 Å². The van der Waals surface area contributed by atoms with Crippen molar-refractivity contribution >= 4 is 102 Å². The minimum Gasteiger partial charge on any atom is -0.507 e. The van der Waals surface area contributed by atoms with Crippen molar-refractivity contribution in [1.82, 2.24) is 37.2 Å². The molecule has 1 heterocycles. The molecule has 6 rings (SSSR count). The van der Waals surface area contributed by atoms with Crippen LogP contribution in [0.4, 0.5) is 0 Å². The maximum atomic E-state index is 15.1. The Labute approximate surface area is 485 Å². The first-order chi connectivity index (χ1) is 38.3. The Balaban J connectivity index is 1.43. The number of carboxylic acid groups (broad SMARTS) is 1. The van der Waals surface area contributed by atoms with Gasteiger partial charge in [-0.3, -0.25) is 33.6 Å². The number of unbranched alkanes of at least 4 members (excludes halogenated alkanes) is 1. The molecule has 10 atom stereocenters. The number of hydrogen-bond acceptors (Lipinski definition) is 14. The molecule has 1 aliphatic heterocycles. The number of nitrogens with two attached hydrogens (primary N) is 2. The predicted octanol–water partition coefficient (Wildman–Crippen LogP) is 2.69. The van der Waals surface area contributed by atoms with E-state index in [1.807, 2.05) is 65.1 Å². The lowest BCUT2D eigenvalue weighted by atomic mass is 9.90. The average Bonchev–Trinajstić information content (AvgIpc) is 3.44. The van der Waals surface area contributed by atoms with Gasteiger partial charge in [0, 0.05) is 36.7 Å². The van der Waals surface area contributed by atoms with E-state index in [-0.39, 0.29) is 49.5 Å². The third kappa shape index (κ3) is 18.4. The van der Waals surface area contributed by atoms with Crippen molar-refractivity contribution in [1.29, 1.82) is 0 Å². The fraction of sp³-hybridized carbons (Fsp3) is 0.368. The van der Waals surface area contributed by atoms with Crippen molar-refractivity contribution in [2.24, 2.45) is 11.5 Å². The van der Waals surface area contributed by atoms with E-state index in [1.165, 1.54) is 13.0 Å². The quantitative estimate of drug-likeness (QED) is 0.0432. The van der Waals surface area contributed by atoms with Crippen LogP contribution in [0.2, 0.25) is 0 Å². The highest BCUT2D eigenvalue weighted by Crippen LogP contribution is 2.27. The van der Waals surface area contributed by atoms with Crippen LogP contribution < -0.4 is 48.7 Å². The number of aliphatic hydroxyl groups excluding tert-OH is 1. The number of aliphatic carboxylic acids is 1. The number of carbonyl (C=O) groups excluding carboxylic acids is 7. The summed E-state index contributed by atoms with van der Waals surface area (Å²) in [4.78, 5) is 114. The molecule has 0 aromatic heterocycles. The van der Waals surface area contributed by atoms with Crippen LogP contribution in [0.5, 0.6) is 5.75 Å². The largest absolute Gasteiger partial charge is 0.507 e. The van der Waals surface area contributed by atoms with Crippen molar-refractivity contribution in [3.63, 3.8) is 0 Å². The summed E-state index contributed by atoms with van der Waals surface area (Å²) in [5.41, 5.74) is 14.6. The molecular weight excluding hydrogens is 1180 g/mol. The number of carbonyl (C=O) groups is 8. The second-order valence-electron chi connectivity index (χ2n) is 19.6. The Bertz CT molecular complexity index is 2960. The van der Waals surface area contributed by atoms with Gasteiger partial charge >= 0.3 is 5.97 Å². The first-order valence-electron chi connectivity index (χ1n) is 26.1. The smallest absolute Gasteiger partial charge is 0.327 e. The molecule has 0 radical (unpaired) electrons. The monoisotopic (exact) mass is 1250 g/mol. The molecule has 7 amide bonds. The number of nitrogens with one attached hydrogen (secondary N) is 7. The number of fused-ring (bicyclic) bond motifs is 1. The SMILES string of the molecule is C[C@H](c1ccc2ccccc2c1)[C@@H]1NC(=O)[C@H](Cc2ccc(O)c(I)c2)NC(=O)[C@H](Cc2ccccc2)NC(=O)[C@H](N)CSSC[C@@H](C(=O)O)NC(=O)[C@H](Cc2ccccc2)NC(=O)[C@H]([C@@H](C)O)NC(=O)[C@H](CCCCN)NC1=O. The van der Waals surface area contributed by atoms with Gasteiger partial charge < -0.3 is 64.0 Å². The number of aliphatic hydroxyl groups is 1. The van der Waals surface area contributed by atoms with Crippen LogP contribution in [-0.4, -0.2) is 135 Å². The number of benzene rings is 5. The number of rotatable bonds is 14. The zero-order chi connectivity index (χ0) is 57.9. The molecular formula is C57H68IN9O11S2. The number of carboxylic acids is 1. The van der Waals surface area contributed by atoms with Crippen LogP contribution in [0.25, 0.3) is 10.8 Å². The molecule has 20 nitrogen and oxygen atoms in total. The van der Waals surface area contributed by atoms with E-state index in [1.54, 1.807) is 79.7 Å². The van der Waals surface area contributed by atoms with Gasteiger partial charge in [-0.2, -0.15) is 0 Å². The topological polar surface area (TPSA) is 333 Å². The molecule has 5 aromatic carbocycles. The van der Waals surface area contributed by atoms with Crippen LogP contribution in [-0.2, 0) is 57.6 Å². The summed E-state index contributed by atoms with van der Waals surface area (Å²) in [6.45, 7) is 3.20. The Kier molecular flexibility index (Phi) is 24.0. The van der Waals surface area contributed by atoms with Crippen molar-refractivity contribution < 1.29 is 53.7 Å². The van der Waals surface area contributed by atoms with Gasteiger partial charge in [-0.1, -0.05) is 138 Å². The van der Waals surface area contributed by atoms with Crippen molar-refractivity contribution in [2.75, 3.05) is 18.1 Å². The van der Waals surface area contributed by atoms with Crippen LogP contribution in [0.1, 0.15) is 61.3 Å². The molecule has 0 saturated carbocycles. The summed E-state index contributed by atoms with van der Waals surface area (Å²) in [5.74, 6) is -8.51. The highest BCUT2D eigenvalue weighted by atomic mass is 127. The summed E-state index contributed by atoms with van der Waals surface area (Å²) < 4.78 is 0.452. The van der Waals surface area contributed by atoms with Crippen molar-refractivity contribution in [3.05, 3.63) is 147 Å². The molecule has 80 heavy (non-hydrogen) atoms. The molecule has 14 N–H and O–H groups in total. The lowest BCUT2D eigenvalue weighted by Gasteiger charge is -2.31. The second kappa shape index (κ2) is 30.7. The summed E-state index contributed by atoms with van der Waals surface area (Å²) in [6, 6.07) is 23.6. The zero-order valence-electron chi connectivity index (χ0n) is 44.1. The summed E-state index contributed by atoms with van der Waals surface area (Å²) in [7, 11) is 2.04. The highest BCUT2D eigenvalue weighted by molar-refractivity contribution is 14.1. The van der Waals surface area contributed by atoms with E-state index in [9.17, 15) is 44.1 Å². The minimum absolute atomic E-state index is 0.0177. The van der Waals surface area contributed by atoms with Gasteiger partial charge in [0.15, 0.2) is 0 Å². The third-order valence-corrected chi connectivity index (χ3v) is 16.8. The second-order valence-corrected chi connectivity index (χ2v) is 23.3. The van der Waals surface area contributed by atoms with Gasteiger partial charge in [-0.15, -0.1) is 0 Å². The molecule has 1 saturated heterocycles. The first kappa shape index (κ1) is 62.4. The molecule has 23 heteroatoms. The fourth-order valence-electron chi connectivity index (χ4n) is 8.85. The van der Waals surface area contributed by atoms with Crippen molar-refractivity contribution in [3.8, 4) is 5.75 Å². The first-order valence-corrected chi connectivity index (χ1v) is 29.7. The number of halogens is 1. The lowest BCUT2D eigenvalue weighted by molar-refractivity contribution is -0.141. The van der Waals surface area contributed by atoms with Gasteiger partial charge in [-0.25, -0.2) is 4.79 Å². The molecule has 1 aliphatic rings. The zero-order valence-corrected chi connectivity index (χ0v) is 47.9. The lowest BCUT2D eigenvalue weighted by Crippen LogP contribution is -2.62. The van der Waals surface area contributed by atoms with E-state index >= 15 is 9.59 Å². The molecule has 0 aliphatic carbocycles. The average molecular weight is 1250 g/mol. The molecule has 5 aromatic rings. The maximum absolute atomic E-state index is 15.1. The van der Waals surface area contributed by atoms with Gasteiger partial charge in [0.25, 0.3) is 0 Å². The van der Waals surface area contributed by atoms with Gasteiger partial charge in [-0.05, 0) is 100 Å². The van der Waals surface area contributed by atoms with Crippen molar-refractivity contribution in [2.45, 2.75) is 113 Å². The minimum atomic E-state index is -1.71. The third-order valence-electron chi connectivity index (χ3n) is 13.5. The predicted molar refractivity (Wildman–Crippen MR) is 316 cm³/mol. The molecule has 1 fully saturated rings. The summed E-state index contributed by atoms with van der Waals surface area (Å²) in [5, 5.41) is 52.4. The number of hydrogen-bond donors (Lipinski definition) is 12. The van der Waals surface area contributed by atoms with E-state index in [4.69, 9.17) is 11.5 Å². The standard InChI is InChI=1S/C57H68IN9O11S2/c1-32(38-22-21-37-17-9-10-18-39(37)29-38)48-55(75)61-42(19-11-12-24-59)51(71)67-49(33(2)68)56(76)64-44(27-35-15-7-4-8-16-35)53(73)65-46(57(77)78)31-80-79-30-41(60)50(70)62-43(26-34-13-5-3-6-14-34)52(72)63-45(54(74)66-48)28-36-20-23-47(69)40(58)25-36/h3-10,13-18,20-23,25,29,32-33,41-46,48-49,68-69H,11-12,19,24,26-28,30-31,59-60H2,1-2H3,(H,61,75)(H,62,70)(H,63,72)(H,64,76)(H,65,73)(H,66,74)(H,67,71)(H,77,78)/t32-,33-,41-,42+,43+,44+,45+,46+,48+,49+/m1/s1. The Morgan fingerprint density at radius 2 is 1.07 bits per heavy atom. The maximum Gasteiger partial charge on any atom is 0.327 e. The van der Waals surface area contributed by atoms with E-state index in [0.29, 0.717) is 38.7 Å². The Morgan fingerprint density at radius 3 is 1.68 bits per heavy atom. The Morgan fingerprint density at radius 1 is 0.575 bits per heavy atom. The van der Waals surface area contributed by atoms with Crippen LogP contribution >= 0.6 is 44.2 Å². The molecule has 0 spiro atoms. The van der Waals surface area contributed by atoms with E-state index in [0.717, 1.165) is 32.4 Å². The Hall–Kier alpha value is -6.77. The molecule has 0 bridgehead atoms. The molecule has 426 valence electrons. The normalized spacial score (nSPS) is 23.4. The van der Waals surface area contributed by atoms with Gasteiger partial charge in [0.05, 0.1) is 15.7 Å². The van der Waals surface area contributed by atoms with E-state index in [2.05, 4.69) is 37.2 Å². The van der Waals surface area contributed by atoms with Gasteiger partial charge in [0.1, 0.15) is 48.0 Å². The summed E-state index contributed by atoms with van der Waals surface area (Å²) >= 11 is 1.93. The van der Waals surface area contributed by atoms with Crippen LogP contribution in [0, 0.1) is 3.57 Å². The number of amides is 7. The number of phenolic OH excluding ortho intramolecular Hbond substituents is 1. The van der Waals surface area contributed by atoms with E-state index < -0.39 is 108 Å². The van der Waals surface area contributed by atoms with Crippen LogP contribution in [0.3, 0.4) is 0 Å². The number of aromatic hydroxyl groups is 1. The summed E-state index contributed by atoms with van der Waals surface area (Å²) in [6.07, 6.45) is -1.19. The van der Waals surface area contributed by atoms with Crippen LogP contribution in [0.15, 0.2) is 121 Å². The molecule has 0 unspecified atom stereocenters. The highest BCUT2D eigenvalue weighted by Gasteiger charge is 2.38. The number of phenols is 1.